The maximum atomic E-state index is 7.12. The largest absolute Gasteiger partial charge is 2.00 e. The topological polar surface area (TPSA) is 9.23 Å². The van der Waals surface area contributed by atoms with E-state index >= 15 is 0 Å². The van der Waals surface area contributed by atoms with E-state index in [1.54, 1.807) is 5.92 Å². The van der Waals surface area contributed by atoms with Gasteiger partial charge >= 0.3 is 23.1 Å². The van der Waals surface area contributed by atoms with E-state index in [2.05, 4.69) is 106 Å². The first kappa shape index (κ1) is 25.7. The first-order chi connectivity index (χ1) is 14.4. The van der Waals surface area contributed by atoms with Gasteiger partial charge < -0.3 is 27.3 Å². The summed E-state index contributed by atoms with van der Waals surface area (Å²) in [7, 11) is -2.48. The van der Waals surface area contributed by atoms with Crippen LogP contribution in [0.1, 0.15) is 51.2 Å². The summed E-state index contributed by atoms with van der Waals surface area (Å²) in [4.78, 5) is 0. The molecule has 3 fully saturated rings. The van der Waals surface area contributed by atoms with Crippen molar-refractivity contribution >= 4 is 41.7 Å². The quantitative estimate of drug-likeness (QED) is 0.362. The Bertz CT molecular complexity index is 976. The van der Waals surface area contributed by atoms with Crippen LogP contribution in [0, 0.1) is 5.92 Å². The molecule has 0 heterocycles. The van der Waals surface area contributed by atoms with Crippen LogP contribution >= 0.6 is 0 Å². The normalized spacial score (nSPS) is 16.7. The Morgan fingerprint density at radius 1 is 0.812 bits per heavy atom. The molecule has 0 aromatic heterocycles. The molecule has 3 aromatic carbocycles. The Morgan fingerprint density at radius 3 is 1.78 bits per heavy atom. The molecule has 4 heteroatoms. The van der Waals surface area contributed by atoms with Crippen molar-refractivity contribution in [2.75, 3.05) is 0 Å². The molecule has 0 spiro atoms. The fraction of sp³-hybridized carbons (Fsp3) is 0.321. The summed E-state index contributed by atoms with van der Waals surface area (Å²) in [6, 6.07) is 31.0. The van der Waals surface area contributed by atoms with E-state index in [0.29, 0.717) is 12.0 Å². The second-order valence-electron chi connectivity index (χ2n) is 10.2. The zero-order chi connectivity index (χ0) is 20.8. The molecule has 32 heavy (non-hydrogen) atoms. The zero-order valence-corrected chi connectivity index (χ0v) is 23.4. The molecular weight excluding hydrogens is 485 g/mol. The second kappa shape index (κ2) is 9.75. The summed E-state index contributed by atoms with van der Waals surface area (Å²) in [5.41, 5.74) is 3.28. The number of rotatable bonds is 6. The van der Waals surface area contributed by atoms with Crippen LogP contribution in [0.4, 0.5) is 0 Å². The molecule has 1 nitrogen and oxygen atoms in total. The molecule has 3 aromatic rings. The summed E-state index contributed by atoms with van der Waals surface area (Å²) in [5, 5.41) is 2.70. The fourth-order valence-electron chi connectivity index (χ4n) is 5.53. The molecule has 6 rings (SSSR count). The second-order valence-corrected chi connectivity index (χ2v) is 14.5. The van der Waals surface area contributed by atoms with Crippen LogP contribution in [0.15, 0.2) is 84.9 Å². The van der Waals surface area contributed by atoms with Gasteiger partial charge in [-0.3, -0.25) is 0 Å². The fourth-order valence-corrected chi connectivity index (χ4v) is 10.1. The maximum Gasteiger partial charge on any atom is 2.00 e. The van der Waals surface area contributed by atoms with Crippen LogP contribution in [-0.2, 0) is 16.4 Å². The molecule has 0 atom stereocenters. The van der Waals surface area contributed by atoms with Crippen LogP contribution < -0.4 is 27.4 Å². The summed E-state index contributed by atoms with van der Waals surface area (Å²) >= 11 is 0. The van der Waals surface area contributed by atoms with Crippen LogP contribution in [-0.4, -0.2) is 31.4 Å². The molecule has 3 aliphatic carbocycles. The summed E-state index contributed by atoms with van der Waals surface area (Å²) in [6.07, 6.45) is 3.93. The number of hydrogen-bond acceptors (Lipinski definition) is 1. The van der Waals surface area contributed by atoms with Gasteiger partial charge in [0.25, 0.3) is 8.32 Å². The smallest absolute Gasteiger partial charge is 1.00 e. The molecule has 0 amide bonds. The minimum atomic E-state index is -2.48. The number of hydrogen-bond donors (Lipinski definition) is 0. The van der Waals surface area contributed by atoms with Crippen molar-refractivity contribution in [3.8, 4) is 0 Å². The van der Waals surface area contributed by atoms with Gasteiger partial charge in [0.1, 0.15) is 0 Å². The Morgan fingerprint density at radius 2 is 1.34 bits per heavy atom. The van der Waals surface area contributed by atoms with Gasteiger partial charge in [-0.15, -0.1) is 0 Å². The van der Waals surface area contributed by atoms with Crippen LogP contribution in [0.25, 0.3) is 0 Å². The Hall–Kier alpha value is -0.917. The Labute approximate surface area is 221 Å². The van der Waals surface area contributed by atoms with Crippen molar-refractivity contribution in [2.24, 2.45) is 0 Å². The van der Waals surface area contributed by atoms with E-state index in [4.69, 9.17) is 4.43 Å². The molecule has 3 aliphatic rings. The van der Waals surface area contributed by atoms with Crippen LogP contribution in [0.2, 0.25) is 5.04 Å². The van der Waals surface area contributed by atoms with E-state index in [9.17, 15) is 0 Å². The first-order valence-corrected chi connectivity index (χ1v) is 13.0. The standard InChI is InChI=1S/C28H31OSi.BrH.Mg/c1-27(2,3)30(25-13-6-4-7-14-25,26-15-8-5-9-16-26)29-21-22-11-10-12-24(17-22)28-18-23(19-28)20-28;;/h4-17H,18-21H2,1-3H3;1H;/q-1;;+2/p-1. The van der Waals surface area contributed by atoms with Gasteiger partial charge in [0.15, 0.2) is 0 Å². The minimum Gasteiger partial charge on any atom is -1.00 e. The van der Waals surface area contributed by atoms with Crippen LogP contribution in [0.5, 0.6) is 0 Å². The van der Waals surface area contributed by atoms with Gasteiger partial charge in [-0.05, 0) is 26.5 Å². The van der Waals surface area contributed by atoms with Crippen molar-refractivity contribution in [1.29, 1.82) is 0 Å². The van der Waals surface area contributed by atoms with Gasteiger partial charge in [0, 0.05) is 0 Å². The average molecular weight is 516 g/mol. The summed E-state index contributed by atoms with van der Waals surface area (Å²) in [6.45, 7) is 7.69. The third-order valence-electron chi connectivity index (χ3n) is 7.18. The molecule has 0 N–H and O–H groups in total. The summed E-state index contributed by atoms with van der Waals surface area (Å²) < 4.78 is 7.12. The molecule has 3 saturated carbocycles. The molecule has 0 saturated heterocycles. The zero-order valence-electron chi connectivity index (χ0n) is 19.4. The van der Waals surface area contributed by atoms with Crippen molar-refractivity contribution in [3.63, 3.8) is 0 Å². The van der Waals surface area contributed by atoms with Gasteiger partial charge in [0.2, 0.25) is 0 Å². The average Bonchev–Trinajstić information content (AvgIpc) is 2.67. The van der Waals surface area contributed by atoms with E-state index < -0.39 is 8.32 Å². The Balaban J connectivity index is 0.00000144. The number of halogens is 1. The minimum absolute atomic E-state index is 0. The predicted octanol–water partition coefficient (Wildman–Crippen LogP) is 2.40. The summed E-state index contributed by atoms with van der Waals surface area (Å²) in [5.74, 6) is 1.75. The van der Waals surface area contributed by atoms with E-state index in [1.165, 1.54) is 40.8 Å². The van der Waals surface area contributed by atoms with Crippen molar-refractivity contribution in [3.05, 3.63) is 102 Å². The third kappa shape index (κ3) is 4.29. The van der Waals surface area contributed by atoms with Gasteiger partial charge in [-0.1, -0.05) is 111 Å². The van der Waals surface area contributed by atoms with E-state index in [0.717, 1.165) is 0 Å². The molecule has 0 aliphatic heterocycles. The van der Waals surface area contributed by atoms with Crippen molar-refractivity contribution in [1.82, 2.24) is 0 Å². The SMILES string of the molecule is CC(C)(C)[Si](OCc1cccc(C23C[C-](C2)C3)c1)(c1ccccc1)c1ccccc1.[Br-].[Mg+2]. The van der Waals surface area contributed by atoms with Crippen molar-refractivity contribution < 1.29 is 21.4 Å². The maximum absolute atomic E-state index is 7.12. The van der Waals surface area contributed by atoms with E-state index in [1.807, 2.05) is 0 Å². The predicted molar refractivity (Wildman–Crippen MR) is 133 cm³/mol. The first-order valence-electron chi connectivity index (χ1n) is 11.1. The van der Waals surface area contributed by atoms with Crippen molar-refractivity contribution in [2.45, 2.75) is 57.1 Å². The van der Waals surface area contributed by atoms with Gasteiger partial charge in [-0.2, -0.15) is 19.3 Å². The van der Waals surface area contributed by atoms with E-state index in [-0.39, 0.29) is 45.1 Å². The van der Waals surface area contributed by atoms with Crippen LogP contribution in [0.3, 0.4) is 0 Å². The van der Waals surface area contributed by atoms with Gasteiger partial charge in [0.05, 0.1) is 6.61 Å². The Kier molecular flexibility index (Phi) is 7.83. The molecular formula is C28H31BrMgOSi. The molecule has 0 radical (unpaired) electrons. The third-order valence-corrected chi connectivity index (χ3v) is 12.2. The van der Waals surface area contributed by atoms with Gasteiger partial charge in [-0.25, -0.2) is 0 Å². The molecule has 0 unspecified atom stereocenters. The molecule has 2 bridgehead atoms. The number of benzene rings is 3. The monoisotopic (exact) mass is 514 g/mol. The molecule has 162 valence electrons.